The van der Waals surface area contributed by atoms with Crippen LogP contribution in [0.1, 0.15) is 34.5 Å². The molecule has 3 aliphatic heterocycles. The summed E-state index contributed by atoms with van der Waals surface area (Å²) in [5.41, 5.74) is 4.35. The minimum absolute atomic E-state index is 0.0500. The third kappa shape index (κ3) is 4.95. The number of aryl methyl sites for hydroxylation is 1. The zero-order valence-corrected chi connectivity index (χ0v) is 22.8. The van der Waals surface area contributed by atoms with E-state index < -0.39 is 12.1 Å². The lowest BCUT2D eigenvalue weighted by atomic mass is 9.98. The van der Waals surface area contributed by atoms with Crippen LogP contribution in [0, 0.1) is 0 Å². The minimum Gasteiger partial charge on any atom is -0.368 e. The van der Waals surface area contributed by atoms with Gasteiger partial charge in [-0.15, -0.1) is 0 Å². The summed E-state index contributed by atoms with van der Waals surface area (Å²) in [5.74, 6) is -0.313. The number of carbonyl (C=O) groups excluding carboxylic acids is 3. The molecule has 2 atom stereocenters. The Balaban J connectivity index is 1.25. The number of nitrogens with zero attached hydrogens (tertiary/aromatic N) is 4. The molecule has 1 unspecified atom stereocenters. The molecule has 2 saturated heterocycles. The maximum Gasteiger partial charge on any atom is 0.256 e. The van der Waals surface area contributed by atoms with Gasteiger partial charge in [-0.05, 0) is 41.8 Å². The van der Waals surface area contributed by atoms with E-state index in [1.54, 1.807) is 17.0 Å². The number of fused-ring (bicyclic) bond motifs is 2. The lowest BCUT2D eigenvalue weighted by Gasteiger charge is -2.44. The Morgan fingerprint density at radius 1 is 0.850 bits per heavy atom. The predicted octanol–water partition coefficient (Wildman–Crippen LogP) is 3.42. The zero-order chi connectivity index (χ0) is 27.6. The van der Waals surface area contributed by atoms with Crippen molar-refractivity contribution < 1.29 is 14.4 Å². The van der Waals surface area contributed by atoms with E-state index in [-0.39, 0.29) is 17.7 Å². The van der Waals surface area contributed by atoms with Crippen LogP contribution >= 0.6 is 0 Å². The number of para-hydroxylation sites is 2. The number of hydrogen-bond donors (Lipinski definition) is 1. The molecule has 3 amide bonds. The lowest BCUT2D eigenvalue weighted by molar-refractivity contribution is -0.140. The van der Waals surface area contributed by atoms with E-state index in [9.17, 15) is 14.4 Å². The number of anilines is 2. The van der Waals surface area contributed by atoms with Crippen LogP contribution in [0.5, 0.6) is 0 Å². The molecule has 6 rings (SSSR count). The van der Waals surface area contributed by atoms with Crippen molar-refractivity contribution in [3.8, 4) is 0 Å². The van der Waals surface area contributed by atoms with E-state index in [4.69, 9.17) is 0 Å². The van der Waals surface area contributed by atoms with Crippen LogP contribution in [0.4, 0.5) is 11.4 Å². The van der Waals surface area contributed by atoms with Gasteiger partial charge in [-0.3, -0.25) is 19.3 Å². The summed E-state index contributed by atoms with van der Waals surface area (Å²) in [7, 11) is 0. The summed E-state index contributed by atoms with van der Waals surface area (Å²) < 4.78 is 0. The highest BCUT2D eigenvalue weighted by molar-refractivity contribution is 6.10. The van der Waals surface area contributed by atoms with Crippen LogP contribution in [0.15, 0.2) is 78.9 Å². The molecule has 8 heteroatoms. The van der Waals surface area contributed by atoms with Crippen molar-refractivity contribution in [2.45, 2.75) is 25.4 Å². The molecule has 3 aromatic rings. The van der Waals surface area contributed by atoms with Crippen molar-refractivity contribution in [2.24, 2.45) is 0 Å². The molecule has 3 heterocycles. The summed E-state index contributed by atoms with van der Waals surface area (Å²) in [6.45, 7) is 6.09. The van der Waals surface area contributed by atoms with Gasteiger partial charge in [0, 0.05) is 51.5 Å². The highest BCUT2D eigenvalue weighted by Crippen LogP contribution is 2.31. The van der Waals surface area contributed by atoms with E-state index >= 15 is 0 Å². The highest BCUT2D eigenvalue weighted by Gasteiger charge is 2.43. The molecule has 8 nitrogen and oxygen atoms in total. The van der Waals surface area contributed by atoms with E-state index in [0.717, 1.165) is 25.1 Å². The quantitative estimate of drug-likeness (QED) is 0.540. The molecule has 2 fully saturated rings. The van der Waals surface area contributed by atoms with Gasteiger partial charge in [0.1, 0.15) is 12.1 Å². The molecule has 3 aromatic carbocycles. The second-order valence-electron chi connectivity index (χ2n) is 10.7. The van der Waals surface area contributed by atoms with E-state index in [1.165, 1.54) is 11.3 Å². The third-order valence-electron chi connectivity index (χ3n) is 8.41. The number of nitrogens with one attached hydrogen (secondary N) is 1. The minimum atomic E-state index is -0.672. The average Bonchev–Trinajstić information content (AvgIpc) is 3.11. The SMILES string of the molecule is CCc1ccc(C(C(=O)N2CCN(c3ccccc3)CC2)N2CCN3C(=O)c4ccccc4NC(=O)[C@@H]3C2)cc1. The van der Waals surface area contributed by atoms with Gasteiger partial charge in [-0.2, -0.15) is 0 Å². The topological polar surface area (TPSA) is 76.2 Å². The Bertz CT molecular complexity index is 1390. The third-order valence-corrected chi connectivity index (χ3v) is 8.41. The number of amides is 3. The second-order valence-corrected chi connectivity index (χ2v) is 10.7. The van der Waals surface area contributed by atoms with Gasteiger partial charge in [0.15, 0.2) is 0 Å². The molecule has 0 bridgehead atoms. The van der Waals surface area contributed by atoms with Crippen LogP contribution in [0.25, 0.3) is 0 Å². The monoisotopic (exact) mass is 537 g/mol. The van der Waals surface area contributed by atoms with E-state index in [0.29, 0.717) is 44.0 Å². The molecular weight excluding hydrogens is 502 g/mol. The number of carbonyl (C=O) groups is 3. The Morgan fingerprint density at radius 2 is 1.55 bits per heavy atom. The van der Waals surface area contributed by atoms with Crippen LogP contribution in [-0.4, -0.2) is 84.3 Å². The Morgan fingerprint density at radius 3 is 2.27 bits per heavy atom. The maximum atomic E-state index is 14.2. The summed E-state index contributed by atoms with van der Waals surface area (Å²) in [4.78, 5) is 49.0. The fourth-order valence-electron chi connectivity index (χ4n) is 6.10. The van der Waals surface area contributed by atoms with Crippen molar-refractivity contribution in [1.82, 2.24) is 14.7 Å². The molecule has 1 N–H and O–H groups in total. The van der Waals surface area contributed by atoms with Gasteiger partial charge in [0.25, 0.3) is 5.91 Å². The summed E-state index contributed by atoms with van der Waals surface area (Å²) in [5, 5.41) is 2.95. The molecule has 40 heavy (non-hydrogen) atoms. The van der Waals surface area contributed by atoms with Gasteiger partial charge >= 0.3 is 0 Å². The van der Waals surface area contributed by atoms with Crippen molar-refractivity contribution in [2.75, 3.05) is 56.0 Å². The van der Waals surface area contributed by atoms with Gasteiger partial charge < -0.3 is 20.0 Å². The zero-order valence-electron chi connectivity index (χ0n) is 22.8. The first-order valence-electron chi connectivity index (χ1n) is 14.2. The number of piperazine rings is 2. The summed E-state index contributed by atoms with van der Waals surface area (Å²) >= 11 is 0. The summed E-state index contributed by atoms with van der Waals surface area (Å²) in [6, 6.07) is 24.5. The number of hydrogen-bond acceptors (Lipinski definition) is 5. The average molecular weight is 538 g/mol. The molecular formula is C32H35N5O3. The summed E-state index contributed by atoms with van der Waals surface area (Å²) in [6.07, 6.45) is 0.921. The van der Waals surface area contributed by atoms with Gasteiger partial charge in [0.2, 0.25) is 11.8 Å². The Labute approximate surface area is 235 Å². The van der Waals surface area contributed by atoms with Crippen molar-refractivity contribution >= 4 is 29.1 Å². The molecule has 3 aliphatic rings. The van der Waals surface area contributed by atoms with Gasteiger partial charge in [-0.25, -0.2) is 0 Å². The van der Waals surface area contributed by atoms with E-state index in [1.807, 2.05) is 47.4 Å². The Kier molecular flexibility index (Phi) is 7.26. The van der Waals surface area contributed by atoms with Crippen LogP contribution in [0.3, 0.4) is 0 Å². The van der Waals surface area contributed by atoms with Crippen molar-refractivity contribution in [3.63, 3.8) is 0 Å². The molecule has 206 valence electrons. The molecule has 0 saturated carbocycles. The second kappa shape index (κ2) is 11.1. The number of rotatable bonds is 5. The van der Waals surface area contributed by atoms with Crippen molar-refractivity contribution in [1.29, 1.82) is 0 Å². The predicted molar refractivity (Wildman–Crippen MR) is 155 cm³/mol. The maximum absolute atomic E-state index is 14.2. The highest BCUT2D eigenvalue weighted by atomic mass is 16.2. The first kappa shape index (κ1) is 26.1. The van der Waals surface area contributed by atoms with Crippen LogP contribution in [-0.2, 0) is 16.0 Å². The van der Waals surface area contributed by atoms with E-state index in [2.05, 4.69) is 46.3 Å². The van der Waals surface area contributed by atoms with Crippen molar-refractivity contribution in [3.05, 3.63) is 95.6 Å². The number of benzene rings is 3. The largest absolute Gasteiger partial charge is 0.368 e. The fourth-order valence-corrected chi connectivity index (χ4v) is 6.10. The van der Waals surface area contributed by atoms with Gasteiger partial charge in [-0.1, -0.05) is 61.5 Å². The first-order chi connectivity index (χ1) is 19.5. The normalized spacial score (nSPS) is 20.3. The first-order valence-corrected chi connectivity index (χ1v) is 14.2. The van der Waals surface area contributed by atoms with Crippen LogP contribution in [0.2, 0.25) is 0 Å². The smallest absolute Gasteiger partial charge is 0.256 e. The molecule has 0 aliphatic carbocycles. The molecule has 0 spiro atoms. The lowest BCUT2D eigenvalue weighted by Crippen LogP contribution is -2.61. The fraction of sp³-hybridized carbons (Fsp3) is 0.344. The standard InChI is InChI=1S/C32H35N5O3/c1-2-23-12-14-24(15-13-23)29(32(40)35-18-16-34(17-19-35)25-8-4-3-5-9-25)36-20-21-37-28(22-36)30(38)33-27-11-7-6-10-26(27)31(37)39/h3-15,28-29H,2,16-22H2,1H3,(H,33,38)/t28-,29?/m0/s1. The molecule has 0 radical (unpaired) electrons. The molecule has 0 aromatic heterocycles. The van der Waals surface area contributed by atoms with Crippen LogP contribution < -0.4 is 10.2 Å². The Hall–Kier alpha value is -4.17. The van der Waals surface area contributed by atoms with Gasteiger partial charge in [0.05, 0.1) is 11.3 Å².